The Hall–Kier alpha value is -1.86. The van der Waals surface area contributed by atoms with Gasteiger partial charge in [-0.05, 0) is 31.4 Å². The molecule has 2 heterocycles. The fourth-order valence-corrected chi connectivity index (χ4v) is 4.38. The van der Waals surface area contributed by atoms with Crippen LogP contribution < -0.4 is 10.2 Å². The Bertz CT molecular complexity index is 731. The summed E-state index contributed by atoms with van der Waals surface area (Å²) in [4.78, 5) is 14.7. The van der Waals surface area contributed by atoms with Crippen LogP contribution in [0.1, 0.15) is 18.9 Å². The average Bonchev–Trinajstić information content (AvgIpc) is 3.05. The molecule has 0 spiro atoms. The standard InChI is InChI=1S/C17H20N4OS2/c1-3-10-18-16-19-20-17(24-16)23-11-15(22)21-12(2)8-9-13-6-4-5-7-14(13)21/h3-7,12H,1,8-11H2,2H3,(H,18,19)/t12-/m1/s1. The second kappa shape index (κ2) is 7.81. The van der Waals surface area contributed by atoms with Crippen LogP contribution in [-0.4, -0.2) is 34.4 Å². The van der Waals surface area contributed by atoms with E-state index in [4.69, 9.17) is 0 Å². The van der Waals surface area contributed by atoms with Crippen LogP contribution in [0.2, 0.25) is 0 Å². The number of aryl methyl sites for hydroxylation is 1. The molecule has 0 unspecified atom stereocenters. The first kappa shape index (κ1) is 17.0. The lowest BCUT2D eigenvalue weighted by molar-refractivity contribution is -0.116. The highest BCUT2D eigenvalue weighted by Crippen LogP contribution is 2.32. The van der Waals surface area contributed by atoms with Crippen molar-refractivity contribution in [3.8, 4) is 0 Å². The molecule has 0 bridgehead atoms. The Labute approximate surface area is 150 Å². The summed E-state index contributed by atoms with van der Waals surface area (Å²) in [7, 11) is 0. The number of carbonyl (C=O) groups is 1. The predicted molar refractivity (Wildman–Crippen MR) is 101 cm³/mol. The number of carbonyl (C=O) groups excluding carboxylic acids is 1. The molecule has 1 amide bonds. The molecule has 24 heavy (non-hydrogen) atoms. The van der Waals surface area contributed by atoms with Crippen molar-refractivity contribution in [2.75, 3.05) is 22.5 Å². The minimum Gasteiger partial charge on any atom is -0.357 e. The zero-order chi connectivity index (χ0) is 16.9. The van der Waals surface area contributed by atoms with Crippen molar-refractivity contribution in [1.82, 2.24) is 10.2 Å². The van der Waals surface area contributed by atoms with Gasteiger partial charge >= 0.3 is 0 Å². The Kier molecular flexibility index (Phi) is 5.52. The van der Waals surface area contributed by atoms with Gasteiger partial charge in [-0.25, -0.2) is 0 Å². The van der Waals surface area contributed by atoms with Crippen molar-refractivity contribution in [2.45, 2.75) is 30.1 Å². The number of amides is 1. The van der Waals surface area contributed by atoms with Crippen molar-refractivity contribution >= 4 is 39.8 Å². The van der Waals surface area contributed by atoms with Gasteiger partial charge in [-0.1, -0.05) is 47.4 Å². The molecule has 1 aliphatic rings. The molecule has 7 heteroatoms. The summed E-state index contributed by atoms with van der Waals surface area (Å²) in [5, 5.41) is 12.0. The van der Waals surface area contributed by atoms with E-state index in [0.29, 0.717) is 12.3 Å². The van der Waals surface area contributed by atoms with Crippen molar-refractivity contribution in [3.05, 3.63) is 42.5 Å². The molecule has 0 saturated carbocycles. The average molecular weight is 361 g/mol. The maximum absolute atomic E-state index is 12.8. The molecule has 0 saturated heterocycles. The number of fused-ring (bicyclic) bond motifs is 1. The molecular formula is C17H20N4OS2. The largest absolute Gasteiger partial charge is 0.357 e. The minimum absolute atomic E-state index is 0.121. The molecule has 2 aromatic rings. The third-order valence-corrected chi connectivity index (χ3v) is 5.91. The summed E-state index contributed by atoms with van der Waals surface area (Å²) in [6, 6.07) is 8.40. The van der Waals surface area contributed by atoms with E-state index in [0.717, 1.165) is 28.0 Å². The maximum Gasteiger partial charge on any atom is 0.237 e. The number of hydrogen-bond acceptors (Lipinski definition) is 6. The zero-order valence-electron chi connectivity index (χ0n) is 13.6. The number of thioether (sulfide) groups is 1. The van der Waals surface area contributed by atoms with Gasteiger partial charge in [-0.2, -0.15) is 0 Å². The zero-order valence-corrected chi connectivity index (χ0v) is 15.2. The Morgan fingerprint density at radius 2 is 2.33 bits per heavy atom. The van der Waals surface area contributed by atoms with Gasteiger partial charge in [0, 0.05) is 18.3 Å². The SMILES string of the molecule is C=CCNc1nnc(SCC(=O)N2c3ccccc3CC[C@H]2C)s1. The van der Waals surface area contributed by atoms with Crippen LogP contribution in [0.15, 0.2) is 41.3 Å². The number of para-hydroxylation sites is 1. The van der Waals surface area contributed by atoms with Crippen LogP contribution in [0, 0.1) is 0 Å². The van der Waals surface area contributed by atoms with Gasteiger partial charge in [-0.3, -0.25) is 4.79 Å². The monoisotopic (exact) mass is 360 g/mol. The Morgan fingerprint density at radius 1 is 1.50 bits per heavy atom. The van der Waals surface area contributed by atoms with Gasteiger partial charge < -0.3 is 10.2 Å². The number of rotatable bonds is 6. The van der Waals surface area contributed by atoms with Crippen LogP contribution in [0.25, 0.3) is 0 Å². The predicted octanol–water partition coefficient (Wildman–Crippen LogP) is 3.60. The third-order valence-electron chi connectivity index (χ3n) is 3.92. The quantitative estimate of drug-likeness (QED) is 0.630. The number of anilines is 2. The smallest absolute Gasteiger partial charge is 0.237 e. The first-order valence-corrected chi connectivity index (χ1v) is 9.70. The number of nitrogens with zero attached hydrogens (tertiary/aromatic N) is 3. The lowest BCUT2D eigenvalue weighted by Crippen LogP contribution is -2.43. The fourth-order valence-electron chi connectivity index (χ4n) is 2.76. The molecule has 0 aliphatic carbocycles. The first-order valence-electron chi connectivity index (χ1n) is 7.90. The van der Waals surface area contributed by atoms with Crippen LogP contribution in [0.3, 0.4) is 0 Å². The van der Waals surface area contributed by atoms with Crippen LogP contribution >= 0.6 is 23.1 Å². The summed E-state index contributed by atoms with van der Waals surface area (Å²) < 4.78 is 0.799. The normalized spacial score (nSPS) is 16.5. The van der Waals surface area contributed by atoms with Gasteiger partial charge in [0.05, 0.1) is 5.75 Å². The lowest BCUT2D eigenvalue weighted by atomic mass is 9.97. The van der Waals surface area contributed by atoms with Gasteiger partial charge in [-0.15, -0.1) is 16.8 Å². The first-order chi connectivity index (χ1) is 11.7. The molecule has 126 valence electrons. The van der Waals surface area contributed by atoms with Gasteiger partial charge in [0.2, 0.25) is 11.0 Å². The molecular weight excluding hydrogens is 340 g/mol. The summed E-state index contributed by atoms with van der Waals surface area (Å²) in [6.07, 6.45) is 3.80. The molecule has 1 aromatic carbocycles. The van der Waals surface area contributed by atoms with Gasteiger partial charge in [0.15, 0.2) is 4.34 Å². The van der Waals surface area contributed by atoms with Crippen LogP contribution in [0.4, 0.5) is 10.8 Å². The van der Waals surface area contributed by atoms with E-state index in [1.165, 1.54) is 28.7 Å². The highest BCUT2D eigenvalue weighted by Gasteiger charge is 2.27. The second-order valence-electron chi connectivity index (χ2n) is 5.61. The molecule has 1 aromatic heterocycles. The van der Waals surface area contributed by atoms with Crippen molar-refractivity contribution in [2.24, 2.45) is 0 Å². The molecule has 3 rings (SSSR count). The highest BCUT2D eigenvalue weighted by atomic mass is 32.2. The Balaban J connectivity index is 1.64. The summed E-state index contributed by atoms with van der Waals surface area (Å²) in [6.45, 7) is 6.42. The molecule has 0 fully saturated rings. The van der Waals surface area contributed by atoms with Gasteiger partial charge in [0.25, 0.3) is 0 Å². The lowest BCUT2D eigenvalue weighted by Gasteiger charge is -2.35. The van der Waals surface area contributed by atoms with E-state index < -0.39 is 0 Å². The summed E-state index contributed by atoms with van der Waals surface area (Å²) in [5.74, 6) is 0.491. The summed E-state index contributed by atoms with van der Waals surface area (Å²) >= 11 is 2.90. The van der Waals surface area contributed by atoms with Crippen molar-refractivity contribution in [1.29, 1.82) is 0 Å². The van der Waals surface area contributed by atoms with Gasteiger partial charge in [0.1, 0.15) is 0 Å². The third kappa shape index (κ3) is 3.79. The van der Waals surface area contributed by atoms with Crippen molar-refractivity contribution in [3.63, 3.8) is 0 Å². The molecule has 1 atom stereocenters. The van der Waals surface area contributed by atoms with E-state index in [1.54, 1.807) is 6.08 Å². The topological polar surface area (TPSA) is 58.1 Å². The number of nitrogens with one attached hydrogen (secondary N) is 1. The molecule has 5 nitrogen and oxygen atoms in total. The molecule has 1 aliphatic heterocycles. The summed E-state index contributed by atoms with van der Waals surface area (Å²) in [5.41, 5.74) is 2.30. The van der Waals surface area contributed by atoms with Crippen LogP contribution in [-0.2, 0) is 11.2 Å². The highest BCUT2D eigenvalue weighted by molar-refractivity contribution is 8.01. The Morgan fingerprint density at radius 3 is 3.17 bits per heavy atom. The van der Waals surface area contributed by atoms with E-state index in [9.17, 15) is 4.79 Å². The van der Waals surface area contributed by atoms with E-state index in [2.05, 4.69) is 35.1 Å². The van der Waals surface area contributed by atoms with E-state index in [-0.39, 0.29) is 11.9 Å². The fraction of sp³-hybridized carbons (Fsp3) is 0.353. The minimum atomic E-state index is 0.121. The number of benzene rings is 1. The van der Waals surface area contributed by atoms with Crippen LogP contribution in [0.5, 0.6) is 0 Å². The number of aromatic nitrogens is 2. The molecule has 0 radical (unpaired) electrons. The van der Waals surface area contributed by atoms with Crippen molar-refractivity contribution < 1.29 is 4.79 Å². The van der Waals surface area contributed by atoms with E-state index >= 15 is 0 Å². The molecule has 1 N–H and O–H groups in total. The maximum atomic E-state index is 12.8. The number of hydrogen-bond donors (Lipinski definition) is 1. The van der Waals surface area contributed by atoms with E-state index in [1.807, 2.05) is 23.1 Å². The second-order valence-corrected chi connectivity index (χ2v) is 7.81.